The molecule has 3 heterocycles. The second-order valence-electron chi connectivity index (χ2n) is 9.81. The number of rotatable bonds is 8. The van der Waals surface area contributed by atoms with Gasteiger partial charge in [-0.15, -0.1) is 0 Å². The molecule has 2 N–H and O–H groups in total. The number of anilines is 2. The average Bonchev–Trinajstić information content (AvgIpc) is 3.63. The Hall–Kier alpha value is -4.66. The minimum Gasteiger partial charge on any atom is -0.484 e. The highest BCUT2D eigenvalue weighted by molar-refractivity contribution is 7.80. The van der Waals surface area contributed by atoms with Crippen LogP contribution in [-0.4, -0.2) is 22.6 Å². The van der Waals surface area contributed by atoms with Crippen molar-refractivity contribution in [3.05, 3.63) is 131 Å². The molecule has 210 valence electrons. The molecule has 2 aromatic heterocycles. The predicted octanol–water partition coefficient (Wildman–Crippen LogP) is 7.50. The molecule has 3 aromatic carbocycles. The topological polar surface area (TPSA) is 79.6 Å². The second-order valence-corrected chi connectivity index (χ2v) is 10.6. The second kappa shape index (κ2) is 12.1. The highest BCUT2D eigenvalue weighted by atomic mass is 35.5. The predicted molar refractivity (Wildman–Crippen MR) is 169 cm³/mol. The van der Waals surface area contributed by atoms with Crippen molar-refractivity contribution < 1.29 is 13.9 Å². The van der Waals surface area contributed by atoms with Crippen LogP contribution in [0.3, 0.4) is 0 Å². The molecule has 7 nitrogen and oxygen atoms in total. The van der Waals surface area contributed by atoms with E-state index in [1.165, 1.54) is 0 Å². The minimum absolute atomic E-state index is 0.0906. The molecular weight excluding hydrogens is 568 g/mol. The van der Waals surface area contributed by atoms with Crippen LogP contribution in [0.5, 0.6) is 5.75 Å². The standard InChI is InChI=1S/C33H27ClN4O3S/c1-21-25(10-7-11-26(21)34)28-17-18-29(41-28)32-31(27-12-5-6-19-35-27)37-33(42)38(32)23-15-13-22(14-16-23)36-30(39)20-40-24-8-3-2-4-9-24/h2-19,31-32H,20H2,1H3,(H,36,39)(H,37,42)/t31-,32-/m1/s1. The first-order valence-electron chi connectivity index (χ1n) is 13.4. The van der Waals surface area contributed by atoms with Crippen molar-refractivity contribution in [3.63, 3.8) is 0 Å². The van der Waals surface area contributed by atoms with Gasteiger partial charge in [-0.1, -0.05) is 48.0 Å². The third-order valence-electron chi connectivity index (χ3n) is 7.09. The van der Waals surface area contributed by atoms with Crippen LogP contribution in [-0.2, 0) is 4.79 Å². The Balaban J connectivity index is 1.27. The van der Waals surface area contributed by atoms with Crippen LogP contribution < -0.4 is 20.3 Å². The van der Waals surface area contributed by atoms with Gasteiger partial charge in [0.2, 0.25) is 0 Å². The number of carbonyl (C=O) groups is 1. The van der Waals surface area contributed by atoms with Crippen LogP contribution in [0.15, 0.2) is 114 Å². The van der Waals surface area contributed by atoms with Gasteiger partial charge in [0.05, 0.1) is 11.7 Å². The Morgan fingerprint density at radius 3 is 2.55 bits per heavy atom. The molecule has 1 amide bonds. The van der Waals surface area contributed by atoms with Crippen molar-refractivity contribution in [2.24, 2.45) is 0 Å². The van der Waals surface area contributed by atoms with Gasteiger partial charge in [-0.2, -0.15) is 0 Å². The van der Waals surface area contributed by atoms with Crippen LogP contribution in [0.1, 0.15) is 29.1 Å². The summed E-state index contributed by atoms with van der Waals surface area (Å²) >= 11 is 12.2. The summed E-state index contributed by atoms with van der Waals surface area (Å²) in [6, 6.07) is 31.7. The summed E-state index contributed by atoms with van der Waals surface area (Å²) in [7, 11) is 0. The molecule has 1 fully saturated rings. The van der Waals surface area contributed by atoms with E-state index in [1.54, 1.807) is 6.20 Å². The van der Waals surface area contributed by atoms with Crippen LogP contribution >= 0.6 is 23.8 Å². The van der Waals surface area contributed by atoms with E-state index >= 15 is 0 Å². The number of nitrogens with zero attached hydrogens (tertiary/aromatic N) is 2. The molecule has 0 bridgehead atoms. The fourth-order valence-corrected chi connectivity index (χ4v) is 5.54. The monoisotopic (exact) mass is 594 g/mol. The summed E-state index contributed by atoms with van der Waals surface area (Å²) < 4.78 is 12.0. The van der Waals surface area contributed by atoms with Crippen LogP contribution in [0.2, 0.25) is 5.02 Å². The third kappa shape index (κ3) is 5.72. The molecule has 1 aliphatic rings. The molecule has 0 aliphatic carbocycles. The molecule has 9 heteroatoms. The van der Waals surface area contributed by atoms with Crippen molar-refractivity contribution in [1.29, 1.82) is 0 Å². The number of hydrogen-bond donors (Lipinski definition) is 2. The van der Waals surface area contributed by atoms with Crippen molar-refractivity contribution in [2.45, 2.75) is 19.0 Å². The lowest BCUT2D eigenvalue weighted by molar-refractivity contribution is -0.118. The lowest BCUT2D eigenvalue weighted by atomic mass is 10.0. The lowest BCUT2D eigenvalue weighted by Crippen LogP contribution is -2.29. The summed E-state index contributed by atoms with van der Waals surface area (Å²) in [6.45, 7) is 1.88. The van der Waals surface area contributed by atoms with E-state index in [1.807, 2.05) is 115 Å². The maximum absolute atomic E-state index is 12.5. The Kier molecular flexibility index (Phi) is 7.90. The number of furan rings is 1. The van der Waals surface area contributed by atoms with Crippen molar-refractivity contribution in [1.82, 2.24) is 10.3 Å². The van der Waals surface area contributed by atoms with E-state index in [2.05, 4.69) is 15.6 Å². The van der Waals surface area contributed by atoms with Crippen LogP contribution in [0.25, 0.3) is 11.3 Å². The first-order valence-corrected chi connectivity index (χ1v) is 14.2. The zero-order chi connectivity index (χ0) is 29.1. The molecule has 1 saturated heterocycles. The molecule has 2 atom stereocenters. The molecule has 0 saturated carbocycles. The highest BCUT2D eigenvalue weighted by Crippen LogP contribution is 2.43. The Morgan fingerprint density at radius 2 is 1.79 bits per heavy atom. The van der Waals surface area contributed by atoms with Gasteiger partial charge in [-0.3, -0.25) is 9.78 Å². The summed E-state index contributed by atoms with van der Waals surface area (Å²) in [4.78, 5) is 19.1. The summed E-state index contributed by atoms with van der Waals surface area (Å²) in [5.74, 6) is 1.83. The maximum atomic E-state index is 12.5. The average molecular weight is 595 g/mol. The van der Waals surface area contributed by atoms with E-state index in [4.69, 9.17) is 33.0 Å². The van der Waals surface area contributed by atoms with Gasteiger partial charge in [-0.25, -0.2) is 0 Å². The fourth-order valence-electron chi connectivity index (χ4n) is 5.02. The normalized spacial score (nSPS) is 16.2. The SMILES string of the molecule is Cc1c(Cl)cccc1-c1ccc([C@@H]2[C@@H](c3ccccn3)NC(=S)N2c2ccc(NC(=O)COc3ccccc3)cc2)o1. The largest absolute Gasteiger partial charge is 0.484 e. The molecular formula is C33H27ClN4O3S. The Labute approximate surface area is 254 Å². The van der Waals surface area contributed by atoms with Gasteiger partial charge in [-0.05, 0) is 91.4 Å². The minimum atomic E-state index is -0.319. The molecule has 0 radical (unpaired) electrons. The molecule has 6 rings (SSSR count). The summed E-state index contributed by atoms with van der Waals surface area (Å²) in [5.41, 5.74) is 4.20. The Bertz CT molecular complexity index is 1710. The van der Waals surface area contributed by atoms with Gasteiger partial charge in [0.25, 0.3) is 5.91 Å². The molecule has 5 aromatic rings. The van der Waals surface area contributed by atoms with Crippen molar-refractivity contribution in [3.8, 4) is 17.1 Å². The van der Waals surface area contributed by atoms with Crippen LogP contribution in [0.4, 0.5) is 11.4 Å². The number of benzene rings is 3. The van der Waals surface area contributed by atoms with E-state index < -0.39 is 0 Å². The third-order valence-corrected chi connectivity index (χ3v) is 7.82. The van der Waals surface area contributed by atoms with Gasteiger partial charge in [0.1, 0.15) is 23.3 Å². The smallest absolute Gasteiger partial charge is 0.262 e. The van der Waals surface area contributed by atoms with E-state index in [9.17, 15) is 4.79 Å². The number of carbonyl (C=O) groups excluding carboxylic acids is 1. The number of nitrogens with one attached hydrogen (secondary N) is 2. The zero-order valence-electron chi connectivity index (χ0n) is 22.7. The zero-order valence-corrected chi connectivity index (χ0v) is 24.2. The number of thiocarbonyl (C=S) groups is 1. The van der Waals surface area contributed by atoms with Gasteiger partial charge in [0, 0.05) is 28.2 Å². The summed E-state index contributed by atoms with van der Waals surface area (Å²) in [5, 5.41) is 7.55. The fraction of sp³-hybridized carbons (Fsp3) is 0.121. The number of halogens is 1. The molecule has 42 heavy (non-hydrogen) atoms. The lowest BCUT2D eigenvalue weighted by Gasteiger charge is -2.26. The quantitative estimate of drug-likeness (QED) is 0.180. The number of pyridine rings is 1. The Morgan fingerprint density at radius 1 is 1.00 bits per heavy atom. The van der Waals surface area contributed by atoms with Gasteiger partial charge >= 0.3 is 0 Å². The maximum Gasteiger partial charge on any atom is 0.262 e. The van der Waals surface area contributed by atoms with Gasteiger partial charge in [0.15, 0.2) is 11.7 Å². The van der Waals surface area contributed by atoms with Crippen molar-refractivity contribution >= 4 is 46.2 Å². The number of hydrogen-bond acceptors (Lipinski definition) is 5. The molecule has 0 unspecified atom stereocenters. The number of ether oxygens (including phenoxy) is 1. The van der Waals surface area contributed by atoms with Gasteiger partial charge < -0.3 is 24.7 Å². The summed E-state index contributed by atoms with van der Waals surface area (Å²) in [6.07, 6.45) is 1.77. The first kappa shape index (κ1) is 27.5. The molecule has 1 aliphatic heterocycles. The molecule has 0 spiro atoms. The number of amides is 1. The van der Waals surface area contributed by atoms with Crippen molar-refractivity contribution in [2.75, 3.05) is 16.8 Å². The van der Waals surface area contributed by atoms with E-state index in [-0.39, 0.29) is 24.6 Å². The number of aromatic nitrogens is 1. The first-order chi connectivity index (χ1) is 20.5. The van der Waals surface area contributed by atoms with Crippen LogP contribution in [0, 0.1) is 6.92 Å². The highest BCUT2D eigenvalue weighted by Gasteiger charge is 2.42. The van der Waals surface area contributed by atoms with E-state index in [0.29, 0.717) is 21.6 Å². The van der Waals surface area contributed by atoms with E-state index in [0.717, 1.165) is 34.0 Å². The number of para-hydroxylation sites is 1.